The van der Waals surface area contributed by atoms with Crippen LogP contribution in [0.3, 0.4) is 0 Å². The highest BCUT2D eigenvalue weighted by Gasteiger charge is 2.35. The minimum absolute atomic E-state index is 0.0594. The molecule has 448 valence electrons. The van der Waals surface area contributed by atoms with Crippen LogP contribution in [0.4, 0.5) is 47.6 Å². The Hall–Kier alpha value is -5.88. The Balaban J connectivity index is 0.000000295. The van der Waals surface area contributed by atoms with E-state index in [1.165, 1.54) is 0 Å². The molecule has 80 heavy (non-hydrogen) atoms. The number of hydrogen-bond donors (Lipinski definition) is 16. The van der Waals surface area contributed by atoms with E-state index in [1.807, 2.05) is 27.7 Å². The van der Waals surface area contributed by atoms with E-state index in [4.69, 9.17) is 40.4 Å². The Labute approximate surface area is 470 Å². The molecule has 0 radical (unpaired) electrons. The molecule has 0 spiro atoms. The van der Waals surface area contributed by atoms with Crippen molar-refractivity contribution in [3.63, 3.8) is 0 Å². The van der Waals surface area contributed by atoms with Crippen molar-refractivity contribution >= 4 is 47.6 Å². The third-order valence-electron chi connectivity index (χ3n) is 14.2. The molecule has 2 aliphatic carbocycles. The number of rotatable bonds is 36. The maximum absolute atomic E-state index is 9.79. The summed E-state index contributed by atoms with van der Waals surface area (Å²) in [6.07, 6.45) is 12.2. The van der Waals surface area contributed by atoms with Gasteiger partial charge in [-0.2, -0.15) is 59.8 Å². The van der Waals surface area contributed by atoms with E-state index in [0.29, 0.717) is 137 Å². The molecule has 28 nitrogen and oxygen atoms in total. The van der Waals surface area contributed by atoms with Crippen LogP contribution in [0.25, 0.3) is 0 Å². The average molecular weight is 1130 g/mol. The highest BCUT2D eigenvalue weighted by Crippen LogP contribution is 2.43. The summed E-state index contributed by atoms with van der Waals surface area (Å²) in [4.78, 5) is 55.8. The number of aromatic nitrogens is 12. The van der Waals surface area contributed by atoms with E-state index in [-0.39, 0.29) is 101 Å². The molecule has 4 aromatic heterocycles. The van der Waals surface area contributed by atoms with Crippen molar-refractivity contribution in [2.24, 2.45) is 0 Å². The van der Waals surface area contributed by atoms with E-state index in [0.717, 1.165) is 63.0 Å². The fourth-order valence-corrected chi connectivity index (χ4v) is 9.15. The quantitative estimate of drug-likeness (QED) is 0.0291. The topological polar surface area (TPSA) is 413 Å². The van der Waals surface area contributed by atoms with Gasteiger partial charge in [-0.1, -0.05) is 40.5 Å². The van der Waals surface area contributed by atoms with E-state index in [2.05, 4.69) is 82.4 Å². The SMILES string of the molecule is CCC(CO)Nc1nc(NC(CC)CO)nc(C2CCCCC2c2nc(NC(CC)CO)nc(NC(CC)CO)n2)n1.OCCCNc1nc(NCCCO)nc(C2CCC(c3nc(NCCCO)nc(NCCCO)n3)CC2)n1. The molecule has 0 bridgehead atoms. The van der Waals surface area contributed by atoms with E-state index >= 15 is 0 Å². The summed E-state index contributed by atoms with van der Waals surface area (Å²) in [6.45, 7) is 10.3. The van der Waals surface area contributed by atoms with Crippen molar-refractivity contribution in [3.8, 4) is 0 Å². The molecule has 6 rings (SSSR count). The van der Waals surface area contributed by atoms with Gasteiger partial charge in [0.25, 0.3) is 0 Å². The van der Waals surface area contributed by atoms with Gasteiger partial charge in [0.1, 0.15) is 23.3 Å². The lowest BCUT2D eigenvalue weighted by molar-refractivity contribution is 0.270. The van der Waals surface area contributed by atoms with Crippen LogP contribution in [0.1, 0.15) is 177 Å². The first-order chi connectivity index (χ1) is 39.1. The van der Waals surface area contributed by atoms with E-state index < -0.39 is 0 Å². The molecular formula is C52H92N20O8. The summed E-state index contributed by atoms with van der Waals surface area (Å²) >= 11 is 0. The molecular weight excluding hydrogens is 1030 g/mol. The second kappa shape index (κ2) is 36.5. The van der Waals surface area contributed by atoms with Crippen LogP contribution in [-0.4, -0.2) is 204 Å². The monoisotopic (exact) mass is 1120 g/mol. The molecule has 0 saturated heterocycles. The van der Waals surface area contributed by atoms with Crippen molar-refractivity contribution in [1.82, 2.24) is 59.8 Å². The Kier molecular flexibility index (Phi) is 29.6. The van der Waals surface area contributed by atoms with E-state index in [1.54, 1.807) is 0 Å². The maximum Gasteiger partial charge on any atom is 0.228 e. The predicted molar refractivity (Wildman–Crippen MR) is 307 cm³/mol. The molecule has 0 aromatic carbocycles. The van der Waals surface area contributed by atoms with Crippen LogP contribution in [0.15, 0.2) is 0 Å². The fourth-order valence-electron chi connectivity index (χ4n) is 9.15. The van der Waals surface area contributed by atoms with Crippen LogP contribution in [0, 0.1) is 0 Å². The molecule has 2 aliphatic rings. The number of aliphatic hydroxyl groups excluding tert-OH is 8. The summed E-state index contributed by atoms with van der Waals surface area (Å²) in [5.74, 6) is 6.10. The normalized spacial score (nSPS) is 18.6. The predicted octanol–water partition coefficient (Wildman–Crippen LogP) is 2.90. The van der Waals surface area contributed by atoms with Gasteiger partial charge in [0.15, 0.2) is 0 Å². The number of nitrogens with one attached hydrogen (secondary N) is 8. The lowest BCUT2D eigenvalue weighted by Gasteiger charge is -2.30. The van der Waals surface area contributed by atoms with Crippen LogP contribution in [-0.2, 0) is 0 Å². The van der Waals surface area contributed by atoms with E-state index in [9.17, 15) is 20.4 Å². The third-order valence-corrected chi connectivity index (χ3v) is 14.2. The zero-order valence-electron chi connectivity index (χ0n) is 47.4. The summed E-state index contributed by atoms with van der Waals surface area (Å²) in [6, 6.07) is -0.845. The summed E-state index contributed by atoms with van der Waals surface area (Å²) < 4.78 is 0. The molecule has 0 amide bonds. The van der Waals surface area contributed by atoms with Crippen molar-refractivity contribution in [3.05, 3.63) is 23.3 Å². The second-order valence-electron chi connectivity index (χ2n) is 20.2. The number of nitrogens with zero attached hydrogens (tertiary/aromatic N) is 12. The largest absolute Gasteiger partial charge is 0.396 e. The number of aliphatic hydroxyl groups is 8. The highest BCUT2D eigenvalue weighted by molar-refractivity contribution is 5.41. The summed E-state index contributed by atoms with van der Waals surface area (Å²) in [7, 11) is 0. The lowest BCUT2D eigenvalue weighted by atomic mass is 9.78. The Morgan fingerprint density at radius 1 is 0.325 bits per heavy atom. The minimum Gasteiger partial charge on any atom is -0.396 e. The fraction of sp³-hybridized carbons (Fsp3) is 0.769. The standard InChI is InChI=1S/C28H50N10O4.C24H42N10O4/c1-5-17(13-39)29-25-33-23(34-26(37-25)30-18(6-2)14-40)21-11-9-10-12-22(21)24-35-27(31-19(7-3)15-41)38-28(36-24)32-20(8-4)16-42;35-13-1-9-25-21-29-19(30-22(33-21)26-10-2-14-36)17-5-7-18(8-6-17)20-31-23(27-11-3-15-37)34-24(32-20)28-12-4-16-38/h17-22,39-42H,5-16H2,1-4H3,(H2,29,30,33,34,37)(H2,31,32,35,36,38);17-18,35-38H,1-16H2,(H2,25,26,29,30,33)(H2,27,28,31,32,34). The summed E-state index contributed by atoms with van der Waals surface area (Å²) in [5.41, 5.74) is 0. The number of hydrogen-bond acceptors (Lipinski definition) is 28. The Morgan fingerprint density at radius 2 is 0.562 bits per heavy atom. The van der Waals surface area contributed by atoms with Crippen molar-refractivity contribution < 1.29 is 40.9 Å². The molecule has 0 aliphatic heterocycles. The zero-order valence-corrected chi connectivity index (χ0v) is 47.4. The molecule has 16 N–H and O–H groups in total. The third kappa shape index (κ3) is 21.2. The summed E-state index contributed by atoms with van der Waals surface area (Å²) in [5, 5.41) is 101. The Morgan fingerprint density at radius 3 is 0.787 bits per heavy atom. The first-order valence-corrected chi connectivity index (χ1v) is 29.0. The van der Waals surface area contributed by atoms with Crippen LogP contribution < -0.4 is 42.5 Å². The molecule has 4 aromatic rings. The molecule has 4 heterocycles. The van der Waals surface area contributed by atoms with Gasteiger partial charge in [0.05, 0.1) is 50.6 Å². The van der Waals surface area contributed by atoms with Gasteiger partial charge < -0.3 is 83.4 Å². The van der Waals surface area contributed by atoms with Gasteiger partial charge in [0.2, 0.25) is 47.6 Å². The van der Waals surface area contributed by atoms with Crippen molar-refractivity contribution in [2.75, 3.05) is 122 Å². The van der Waals surface area contributed by atoms with Gasteiger partial charge >= 0.3 is 0 Å². The molecule has 2 saturated carbocycles. The highest BCUT2D eigenvalue weighted by atomic mass is 16.3. The lowest BCUT2D eigenvalue weighted by Crippen LogP contribution is -2.29. The molecule has 6 atom stereocenters. The molecule has 6 unspecified atom stereocenters. The van der Waals surface area contributed by atoms with Gasteiger partial charge in [0, 0.05) is 76.3 Å². The Bertz CT molecular complexity index is 2050. The minimum atomic E-state index is -0.211. The first-order valence-electron chi connectivity index (χ1n) is 29.0. The maximum atomic E-state index is 9.79. The van der Waals surface area contributed by atoms with Crippen molar-refractivity contribution in [2.45, 2.75) is 178 Å². The van der Waals surface area contributed by atoms with Gasteiger partial charge in [-0.3, -0.25) is 0 Å². The zero-order chi connectivity index (χ0) is 57.5. The van der Waals surface area contributed by atoms with Gasteiger partial charge in [-0.15, -0.1) is 0 Å². The van der Waals surface area contributed by atoms with Crippen LogP contribution in [0.5, 0.6) is 0 Å². The number of anilines is 8. The van der Waals surface area contributed by atoms with Crippen LogP contribution in [0.2, 0.25) is 0 Å². The molecule has 28 heteroatoms. The van der Waals surface area contributed by atoms with Gasteiger partial charge in [-0.05, 0) is 89.9 Å². The second-order valence-corrected chi connectivity index (χ2v) is 20.2. The van der Waals surface area contributed by atoms with Crippen LogP contribution >= 0.6 is 0 Å². The first kappa shape index (κ1) is 64.9. The molecule has 2 fully saturated rings. The average Bonchev–Trinajstić information content (AvgIpc) is 3.53. The van der Waals surface area contributed by atoms with Crippen molar-refractivity contribution in [1.29, 1.82) is 0 Å². The van der Waals surface area contributed by atoms with Gasteiger partial charge in [-0.25, -0.2) is 0 Å². The smallest absolute Gasteiger partial charge is 0.228 e.